The Kier molecular flexibility index (Phi) is 3.20. The summed E-state index contributed by atoms with van der Waals surface area (Å²) < 4.78 is 1.60. The fourth-order valence-electron chi connectivity index (χ4n) is 2.07. The molecular weight excluding hydrogens is 272 g/mol. The maximum Gasteiger partial charge on any atom is 0.330 e. The Morgan fingerprint density at radius 2 is 1.65 bits per heavy atom. The molecule has 100 valence electrons. The van der Waals surface area contributed by atoms with Crippen molar-refractivity contribution in [1.29, 1.82) is 0 Å². The summed E-state index contributed by atoms with van der Waals surface area (Å²) in [6.45, 7) is 2.02. The van der Waals surface area contributed by atoms with Gasteiger partial charge in [-0.2, -0.15) is 0 Å². The first-order valence-corrected chi connectivity index (χ1v) is 6.66. The molecule has 0 bridgehead atoms. The third kappa shape index (κ3) is 2.40. The molecule has 1 N–H and O–H groups in total. The van der Waals surface area contributed by atoms with Crippen LogP contribution >= 0.6 is 11.6 Å². The fourth-order valence-corrected chi connectivity index (χ4v) is 2.19. The Morgan fingerprint density at radius 1 is 1.00 bits per heavy atom. The van der Waals surface area contributed by atoms with Gasteiger partial charge in [0.15, 0.2) is 0 Å². The lowest BCUT2D eigenvalue weighted by atomic mass is 10.2. The number of hydrogen-bond acceptors (Lipinski definition) is 1. The van der Waals surface area contributed by atoms with Gasteiger partial charge in [-0.3, -0.25) is 4.57 Å². The predicted molar refractivity (Wildman–Crippen MR) is 81.6 cm³/mol. The number of benzene rings is 2. The molecule has 0 fully saturated rings. The summed E-state index contributed by atoms with van der Waals surface area (Å²) >= 11 is 5.87. The van der Waals surface area contributed by atoms with E-state index in [0.717, 1.165) is 22.5 Å². The van der Waals surface area contributed by atoms with E-state index in [4.69, 9.17) is 11.6 Å². The standard InChI is InChI=1S/C16H13ClN2O/c1-11-2-8-14(9-3-11)19-10-15(18-16(19)20)12-4-6-13(17)7-5-12/h2-10H,1H3,(H,18,20). The molecule has 0 atom stereocenters. The minimum Gasteiger partial charge on any atom is -0.305 e. The molecule has 4 heteroatoms. The van der Waals surface area contributed by atoms with Crippen LogP contribution in [0, 0.1) is 6.92 Å². The predicted octanol–water partition coefficient (Wildman–Crippen LogP) is 3.79. The lowest BCUT2D eigenvalue weighted by molar-refractivity contribution is 0.986. The summed E-state index contributed by atoms with van der Waals surface area (Å²) in [6, 6.07) is 15.2. The fraction of sp³-hybridized carbons (Fsp3) is 0.0625. The van der Waals surface area contributed by atoms with Crippen molar-refractivity contribution in [1.82, 2.24) is 9.55 Å². The van der Waals surface area contributed by atoms with Crippen LogP contribution in [0.1, 0.15) is 5.56 Å². The van der Waals surface area contributed by atoms with Crippen LogP contribution in [-0.2, 0) is 0 Å². The normalized spacial score (nSPS) is 10.7. The number of rotatable bonds is 2. The molecule has 3 aromatic rings. The van der Waals surface area contributed by atoms with Gasteiger partial charge in [-0.05, 0) is 36.8 Å². The lowest BCUT2D eigenvalue weighted by Gasteiger charge is -2.01. The summed E-state index contributed by atoms with van der Waals surface area (Å²) in [5.74, 6) is 0. The Bertz CT molecular complexity index is 783. The molecule has 0 aliphatic heterocycles. The smallest absolute Gasteiger partial charge is 0.305 e. The van der Waals surface area contributed by atoms with E-state index in [1.807, 2.05) is 43.3 Å². The van der Waals surface area contributed by atoms with Crippen molar-refractivity contribution in [3.05, 3.63) is 75.8 Å². The molecule has 0 aliphatic rings. The van der Waals surface area contributed by atoms with Gasteiger partial charge in [0.25, 0.3) is 0 Å². The van der Waals surface area contributed by atoms with E-state index in [1.165, 1.54) is 0 Å². The lowest BCUT2D eigenvalue weighted by Crippen LogP contribution is -2.13. The molecule has 20 heavy (non-hydrogen) atoms. The topological polar surface area (TPSA) is 37.8 Å². The highest BCUT2D eigenvalue weighted by atomic mass is 35.5. The van der Waals surface area contributed by atoms with E-state index in [1.54, 1.807) is 22.9 Å². The molecule has 3 nitrogen and oxygen atoms in total. The number of aromatic nitrogens is 2. The highest BCUT2D eigenvalue weighted by Gasteiger charge is 2.06. The van der Waals surface area contributed by atoms with E-state index in [2.05, 4.69) is 4.98 Å². The number of H-pyrrole nitrogens is 1. The average Bonchev–Trinajstić information content (AvgIpc) is 2.82. The second-order valence-corrected chi connectivity index (χ2v) is 5.12. The van der Waals surface area contributed by atoms with Crippen molar-refractivity contribution in [2.45, 2.75) is 6.92 Å². The van der Waals surface area contributed by atoms with Crippen molar-refractivity contribution >= 4 is 11.6 Å². The molecule has 0 unspecified atom stereocenters. The molecule has 1 heterocycles. The molecule has 0 amide bonds. The number of aromatic amines is 1. The summed E-state index contributed by atoms with van der Waals surface area (Å²) in [4.78, 5) is 14.9. The summed E-state index contributed by atoms with van der Waals surface area (Å²) in [6.07, 6.45) is 1.80. The van der Waals surface area contributed by atoms with Crippen molar-refractivity contribution in [2.75, 3.05) is 0 Å². The zero-order valence-corrected chi connectivity index (χ0v) is 11.7. The van der Waals surface area contributed by atoms with E-state index < -0.39 is 0 Å². The number of nitrogens with zero attached hydrogens (tertiary/aromatic N) is 1. The first kappa shape index (κ1) is 12.8. The second kappa shape index (κ2) is 5.02. The third-order valence-corrected chi connectivity index (χ3v) is 3.44. The van der Waals surface area contributed by atoms with Gasteiger partial charge in [0.1, 0.15) is 0 Å². The number of halogens is 1. The third-order valence-electron chi connectivity index (χ3n) is 3.19. The first-order chi connectivity index (χ1) is 9.63. The average molecular weight is 285 g/mol. The molecule has 0 radical (unpaired) electrons. The van der Waals surface area contributed by atoms with E-state index in [0.29, 0.717) is 5.02 Å². The Hall–Kier alpha value is -2.26. The zero-order chi connectivity index (χ0) is 14.1. The van der Waals surface area contributed by atoms with Gasteiger partial charge in [0, 0.05) is 11.2 Å². The molecule has 0 aliphatic carbocycles. The zero-order valence-electron chi connectivity index (χ0n) is 10.9. The Labute approximate surface area is 121 Å². The van der Waals surface area contributed by atoms with Crippen LogP contribution in [0.4, 0.5) is 0 Å². The monoisotopic (exact) mass is 284 g/mol. The molecule has 3 rings (SSSR count). The van der Waals surface area contributed by atoms with E-state index >= 15 is 0 Å². The summed E-state index contributed by atoms with van der Waals surface area (Å²) in [5, 5.41) is 0.675. The number of hydrogen-bond donors (Lipinski definition) is 1. The molecule has 0 spiro atoms. The van der Waals surface area contributed by atoms with Gasteiger partial charge >= 0.3 is 5.69 Å². The second-order valence-electron chi connectivity index (χ2n) is 4.69. The van der Waals surface area contributed by atoms with Crippen molar-refractivity contribution in [3.63, 3.8) is 0 Å². The van der Waals surface area contributed by atoms with Crippen molar-refractivity contribution in [2.24, 2.45) is 0 Å². The van der Waals surface area contributed by atoms with Gasteiger partial charge in [-0.1, -0.05) is 41.4 Å². The molecule has 1 aromatic heterocycles. The van der Waals surface area contributed by atoms with E-state index in [9.17, 15) is 4.79 Å². The van der Waals surface area contributed by atoms with Crippen LogP contribution in [0.15, 0.2) is 59.5 Å². The Balaban J connectivity index is 2.05. The molecule has 0 saturated carbocycles. The Morgan fingerprint density at radius 3 is 2.30 bits per heavy atom. The molecule has 0 saturated heterocycles. The highest BCUT2D eigenvalue weighted by Crippen LogP contribution is 2.19. The van der Waals surface area contributed by atoms with Gasteiger partial charge in [0.2, 0.25) is 0 Å². The van der Waals surface area contributed by atoms with Crippen LogP contribution in [0.5, 0.6) is 0 Å². The summed E-state index contributed by atoms with van der Waals surface area (Å²) in [5.41, 5.74) is 3.55. The highest BCUT2D eigenvalue weighted by molar-refractivity contribution is 6.30. The quantitative estimate of drug-likeness (QED) is 0.764. The molecular formula is C16H13ClN2O. The van der Waals surface area contributed by atoms with Crippen LogP contribution < -0.4 is 5.69 Å². The molecule has 2 aromatic carbocycles. The maximum atomic E-state index is 12.0. The summed E-state index contributed by atoms with van der Waals surface area (Å²) in [7, 11) is 0. The van der Waals surface area contributed by atoms with Crippen molar-refractivity contribution < 1.29 is 0 Å². The van der Waals surface area contributed by atoms with Crippen LogP contribution in [0.3, 0.4) is 0 Å². The van der Waals surface area contributed by atoms with E-state index in [-0.39, 0.29) is 5.69 Å². The van der Waals surface area contributed by atoms with Crippen molar-refractivity contribution in [3.8, 4) is 16.9 Å². The van der Waals surface area contributed by atoms with Gasteiger partial charge in [0.05, 0.1) is 11.4 Å². The largest absolute Gasteiger partial charge is 0.330 e. The van der Waals surface area contributed by atoms with Crippen LogP contribution in [-0.4, -0.2) is 9.55 Å². The minimum atomic E-state index is -0.154. The van der Waals surface area contributed by atoms with Gasteiger partial charge < -0.3 is 4.98 Å². The number of nitrogens with one attached hydrogen (secondary N) is 1. The van der Waals surface area contributed by atoms with Crippen LogP contribution in [0.25, 0.3) is 16.9 Å². The van der Waals surface area contributed by atoms with Gasteiger partial charge in [-0.25, -0.2) is 4.79 Å². The van der Waals surface area contributed by atoms with Gasteiger partial charge in [-0.15, -0.1) is 0 Å². The minimum absolute atomic E-state index is 0.154. The maximum absolute atomic E-state index is 12.0. The van der Waals surface area contributed by atoms with Crippen LogP contribution in [0.2, 0.25) is 5.02 Å². The number of aryl methyl sites for hydroxylation is 1. The first-order valence-electron chi connectivity index (χ1n) is 6.28. The number of imidazole rings is 1. The SMILES string of the molecule is Cc1ccc(-n2cc(-c3ccc(Cl)cc3)[nH]c2=O)cc1.